The Bertz CT molecular complexity index is 495. The minimum Gasteiger partial charge on any atom is -0.350 e. The lowest BCUT2D eigenvalue weighted by molar-refractivity contribution is 0.0854. The summed E-state index contributed by atoms with van der Waals surface area (Å²) >= 11 is 0. The fourth-order valence-electron chi connectivity index (χ4n) is 2.33. The third-order valence-corrected chi connectivity index (χ3v) is 4.04. The van der Waals surface area contributed by atoms with E-state index < -0.39 is 0 Å². The van der Waals surface area contributed by atoms with Crippen LogP contribution in [-0.2, 0) is 0 Å². The third-order valence-electron chi connectivity index (χ3n) is 4.04. The molecule has 0 atom stereocenters. The van der Waals surface area contributed by atoms with Gasteiger partial charge in [-0.1, -0.05) is 20.3 Å². The molecule has 1 heterocycles. The number of aromatic nitrogens is 1. The summed E-state index contributed by atoms with van der Waals surface area (Å²) in [6.07, 6.45) is 5.25. The third kappa shape index (κ3) is 3.11. The van der Waals surface area contributed by atoms with Crippen molar-refractivity contribution in [2.75, 3.05) is 6.54 Å². The smallest absolute Gasteiger partial charge is 0.269 e. The number of carbonyl (C=O) groups is 1. The molecule has 1 saturated carbocycles. The molecule has 0 saturated heterocycles. The van der Waals surface area contributed by atoms with Gasteiger partial charge in [0.25, 0.3) is 5.91 Å². The van der Waals surface area contributed by atoms with Crippen LogP contribution in [0.25, 0.3) is 0 Å². The van der Waals surface area contributed by atoms with Gasteiger partial charge in [0.15, 0.2) is 0 Å². The lowest BCUT2D eigenvalue weighted by atomic mass is 9.67. The van der Waals surface area contributed by atoms with E-state index in [2.05, 4.69) is 24.1 Å². The van der Waals surface area contributed by atoms with Gasteiger partial charge in [-0.15, -0.1) is 0 Å². The highest BCUT2D eigenvalue weighted by molar-refractivity contribution is 5.92. The van der Waals surface area contributed by atoms with Crippen molar-refractivity contribution in [3.05, 3.63) is 29.6 Å². The van der Waals surface area contributed by atoms with Crippen LogP contribution in [-0.4, -0.2) is 17.4 Å². The summed E-state index contributed by atoms with van der Waals surface area (Å²) in [5.74, 6) is 0.540. The highest BCUT2D eigenvalue weighted by Gasteiger charge is 2.34. The van der Waals surface area contributed by atoms with Gasteiger partial charge in [-0.2, -0.15) is 5.26 Å². The fraction of sp³-hybridized carbons (Fsp3) is 0.533. The Morgan fingerprint density at radius 2 is 2.26 bits per heavy atom. The van der Waals surface area contributed by atoms with Crippen LogP contribution in [0, 0.1) is 22.7 Å². The van der Waals surface area contributed by atoms with Gasteiger partial charge in [0.1, 0.15) is 11.8 Å². The average molecular weight is 257 g/mol. The summed E-state index contributed by atoms with van der Waals surface area (Å²) in [7, 11) is 0. The van der Waals surface area contributed by atoms with Gasteiger partial charge >= 0.3 is 0 Å². The van der Waals surface area contributed by atoms with Crippen LogP contribution in [0.2, 0.25) is 0 Å². The van der Waals surface area contributed by atoms with E-state index >= 15 is 0 Å². The normalized spacial score (nSPS) is 15.4. The molecule has 0 bridgehead atoms. The van der Waals surface area contributed by atoms with E-state index in [0.29, 0.717) is 23.7 Å². The summed E-state index contributed by atoms with van der Waals surface area (Å²) < 4.78 is 0. The number of nitriles is 1. The van der Waals surface area contributed by atoms with Crippen molar-refractivity contribution in [2.24, 2.45) is 11.3 Å². The summed E-state index contributed by atoms with van der Waals surface area (Å²) in [5, 5.41) is 11.6. The maximum atomic E-state index is 12.0. The molecule has 0 spiro atoms. The molecule has 0 aromatic carbocycles. The van der Waals surface area contributed by atoms with Crippen LogP contribution < -0.4 is 5.32 Å². The second kappa shape index (κ2) is 5.40. The van der Waals surface area contributed by atoms with Gasteiger partial charge in [-0.3, -0.25) is 4.79 Å². The molecule has 0 radical (unpaired) electrons. The van der Waals surface area contributed by atoms with Crippen molar-refractivity contribution in [1.29, 1.82) is 5.26 Å². The molecule has 19 heavy (non-hydrogen) atoms. The van der Waals surface area contributed by atoms with Gasteiger partial charge < -0.3 is 5.32 Å². The van der Waals surface area contributed by atoms with Crippen molar-refractivity contribution in [1.82, 2.24) is 10.3 Å². The Hall–Kier alpha value is -1.89. The Kier molecular flexibility index (Phi) is 3.84. The lowest BCUT2D eigenvalue weighted by Gasteiger charge is -2.40. The van der Waals surface area contributed by atoms with Crippen LogP contribution in [0.1, 0.15) is 49.2 Å². The Morgan fingerprint density at radius 1 is 1.53 bits per heavy atom. The topological polar surface area (TPSA) is 65.8 Å². The summed E-state index contributed by atoms with van der Waals surface area (Å²) in [4.78, 5) is 16.0. The van der Waals surface area contributed by atoms with Gasteiger partial charge in [0, 0.05) is 12.7 Å². The lowest BCUT2D eigenvalue weighted by Crippen LogP contribution is -2.41. The molecule has 1 fully saturated rings. The maximum absolute atomic E-state index is 12.0. The fourth-order valence-corrected chi connectivity index (χ4v) is 2.33. The zero-order valence-electron chi connectivity index (χ0n) is 11.4. The summed E-state index contributed by atoms with van der Waals surface area (Å²) in [5.41, 5.74) is 0.968. The molecule has 2 rings (SSSR count). The minimum atomic E-state index is -0.170. The van der Waals surface area contributed by atoms with Crippen molar-refractivity contribution in [3.8, 4) is 6.07 Å². The molecule has 1 N–H and O–H groups in total. The average Bonchev–Trinajstić information content (AvgIpc) is 2.33. The quantitative estimate of drug-likeness (QED) is 0.901. The largest absolute Gasteiger partial charge is 0.350 e. The van der Waals surface area contributed by atoms with Crippen molar-refractivity contribution < 1.29 is 4.79 Å². The van der Waals surface area contributed by atoms with Gasteiger partial charge in [0.2, 0.25) is 0 Å². The molecular weight excluding hydrogens is 238 g/mol. The van der Waals surface area contributed by atoms with Crippen molar-refractivity contribution >= 4 is 5.91 Å². The standard InChI is InChI=1S/C15H19N3O/c1-15(2,12-4-3-5-12)10-18-14(19)13-7-6-11(8-16)9-17-13/h6-7,9,12H,3-5,10H2,1-2H3,(H,18,19). The van der Waals surface area contributed by atoms with E-state index in [0.717, 1.165) is 0 Å². The number of nitrogens with one attached hydrogen (secondary N) is 1. The molecule has 1 amide bonds. The highest BCUT2D eigenvalue weighted by Crippen LogP contribution is 2.41. The van der Waals surface area contributed by atoms with E-state index in [-0.39, 0.29) is 11.3 Å². The maximum Gasteiger partial charge on any atom is 0.269 e. The molecule has 1 aromatic rings. The number of carbonyl (C=O) groups excluding carboxylic acids is 1. The molecular formula is C15H19N3O. The van der Waals surface area contributed by atoms with E-state index in [4.69, 9.17) is 5.26 Å². The van der Waals surface area contributed by atoms with Crippen LogP contribution in [0.5, 0.6) is 0 Å². The summed E-state index contributed by atoms with van der Waals surface area (Å²) in [6.45, 7) is 5.06. The van der Waals surface area contributed by atoms with E-state index in [9.17, 15) is 4.79 Å². The molecule has 100 valence electrons. The first kappa shape index (κ1) is 13.5. The van der Waals surface area contributed by atoms with E-state index in [1.165, 1.54) is 25.5 Å². The Morgan fingerprint density at radius 3 is 2.74 bits per heavy atom. The first-order chi connectivity index (χ1) is 9.03. The SMILES string of the molecule is CC(C)(CNC(=O)c1ccc(C#N)cn1)C1CCC1. The van der Waals surface area contributed by atoms with Gasteiger partial charge in [0.05, 0.1) is 5.56 Å². The van der Waals surface area contributed by atoms with Gasteiger partial charge in [-0.25, -0.2) is 4.98 Å². The number of nitrogens with zero attached hydrogens (tertiary/aromatic N) is 2. The summed E-state index contributed by atoms with van der Waals surface area (Å²) in [6, 6.07) is 5.18. The molecule has 0 unspecified atom stereocenters. The van der Waals surface area contributed by atoms with Crippen LogP contribution in [0.15, 0.2) is 18.3 Å². The molecule has 1 aliphatic carbocycles. The second-order valence-electron chi connectivity index (χ2n) is 5.84. The first-order valence-electron chi connectivity index (χ1n) is 6.67. The molecule has 4 nitrogen and oxygen atoms in total. The van der Waals surface area contributed by atoms with Crippen LogP contribution in [0.3, 0.4) is 0 Å². The minimum absolute atomic E-state index is 0.139. The van der Waals surface area contributed by atoms with E-state index in [1.807, 2.05) is 6.07 Å². The predicted molar refractivity (Wildman–Crippen MR) is 72.4 cm³/mol. The Labute approximate surface area is 113 Å². The monoisotopic (exact) mass is 257 g/mol. The molecule has 4 heteroatoms. The molecule has 0 aliphatic heterocycles. The number of pyridine rings is 1. The highest BCUT2D eigenvalue weighted by atomic mass is 16.1. The van der Waals surface area contributed by atoms with Crippen LogP contribution >= 0.6 is 0 Å². The second-order valence-corrected chi connectivity index (χ2v) is 5.84. The van der Waals surface area contributed by atoms with Crippen LogP contribution in [0.4, 0.5) is 0 Å². The molecule has 1 aromatic heterocycles. The Balaban J connectivity index is 1.91. The predicted octanol–water partition coefficient (Wildman–Crippen LogP) is 2.51. The number of amides is 1. The van der Waals surface area contributed by atoms with Gasteiger partial charge in [-0.05, 0) is 36.3 Å². The van der Waals surface area contributed by atoms with Crippen molar-refractivity contribution in [2.45, 2.75) is 33.1 Å². The number of hydrogen-bond acceptors (Lipinski definition) is 3. The number of hydrogen-bond donors (Lipinski definition) is 1. The number of rotatable bonds is 4. The molecule has 1 aliphatic rings. The first-order valence-corrected chi connectivity index (χ1v) is 6.67. The zero-order valence-corrected chi connectivity index (χ0v) is 11.4. The zero-order chi connectivity index (χ0) is 13.9. The van der Waals surface area contributed by atoms with Crippen molar-refractivity contribution in [3.63, 3.8) is 0 Å². The van der Waals surface area contributed by atoms with E-state index in [1.54, 1.807) is 12.1 Å².